The van der Waals surface area contributed by atoms with Gasteiger partial charge in [0.25, 0.3) is 0 Å². The number of aromatic nitrogens is 1. The number of sulfonamides is 1. The number of halogens is 1. The molecule has 1 amide bonds. The molecule has 7 nitrogen and oxygen atoms in total. The second-order valence-corrected chi connectivity index (χ2v) is 6.45. The van der Waals surface area contributed by atoms with Crippen LogP contribution in [0.15, 0.2) is 23.4 Å². The minimum Gasteiger partial charge on any atom is -0.392 e. The van der Waals surface area contributed by atoms with Gasteiger partial charge in [-0.3, -0.25) is 9.78 Å². The van der Waals surface area contributed by atoms with Gasteiger partial charge in [-0.05, 0) is 6.07 Å². The molecule has 3 N–H and O–H groups in total. The number of aliphatic hydroxyl groups excluding tert-OH is 1. The standard InChI is InChI=1S/C10H12ClN3O4S/c11-7-1-2-13-4-9(7)19(17,18)14-5-6(15)3-8(14)10(12)16/h1-2,4,6,8,15H,3,5H2,(H2,12,16). The van der Waals surface area contributed by atoms with Crippen LogP contribution in [0, 0.1) is 0 Å². The molecule has 104 valence electrons. The van der Waals surface area contributed by atoms with Crippen LogP contribution >= 0.6 is 11.6 Å². The van der Waals surface area contributed by atoms with E-state index >= 15 is 0 Å². The topological polar surface area (TPSA) is 114 Å². The van der Waals surface area contributed by atoms with E-state index in [9.17, 15) is 18.3 Å². The fourth-order valence-electron chi connectivity index (χ4n) is 1.99. The monoisotopic (exact) mass is 305 g/mol. The van der Waals surface area contributed by atoms with Gasteiger partial charge in [-0.25, -0.2) is 8.42 Å². The van der Waals surface area contributed by atoms with Crippen molar-refractivity contribution < 1.29 is 18.3 Å². The van der Waals surface area contributed by atoms with Gasteiger partial charge in [0, 0.05) is 25.4 Å². The highest BCUT2D eigenvalue weighted by Crippen LogP contribution is 2.29. The van der Waals surface area contributed by atoms with Crippen molar-refractivity contribution in [1.29, 1.82) is 0 Å². The average Bonchev–Trinajstić information content (AvgIpc) is 2.72. The molecule has 1 fully saturated rings. The summed E-state index contributed by atoms with van der Waals surface area (Å²) in [6.07, 6.45) is 1.50. The first-order valence-electron chi connectivity index (χ1n) is 5.42. The minimum atomic E-state index is -4.02. The van der Waals surface area contributed by atoms with Crippen LogP contribution in [0.2, 0.25) is 5.02 Å². The number of pyridine rings is 1. The molecule has 2 rings (SSSR count). The molecule has 2 atom stereocenters. The Bertz CT molecular complexity index is 607. The first kappa shape index (κ1) is 14.2. The first-order chi connectivity index (χ1) is 8.84. The molecule has 9 heteroatoms. The van der Waals surface area contributed by atoms with Gasteiger partial charge in [0.2, 0.25) is 15.9 Å². The zero-order valence-electron chi connectivity index (χ0n) is 9.73. The SMILES string of the molecule is NC(=O)C1CC(O)CN1S(=O)(=O)c1cnccc1Cl. The summed E-state index contributed by atoms with van der Waals surface area (Å²) in [6, 6.07) is 0.261. The zero-order chi connectivity index (χ0) is 14.2. The van der Waals surface area contributed by atoms with Gasteiger partial charge in [-0.1, -0.05) is 11.6 Å². The van der Waals surface area contributed by atoms with E-state index in [1.807, 2.05) is 0 Å². The molecule has 0 saturated carbocycles. The molecule has 0 radical (unpaired) electrons. The van der Waals surface area contributed by atoms with E-state index in [2.05, 4.69) is 4.98 Å². The van der Waals surface area contributed by atoms with Crippen LogP contribution in [0.4, 0.5) is 0 Å². The number of hydrogen-bond donors (Lipinski definition) is 2. The third kappa shape index (κ3) is 2.57. The Morgan fingerprint density at radius 2 is 2.26 bits per heavy atom. The summed E-state index contributed by atoms with van der Waals surface area (Å²) in [5.41, 5.74) is 5.16. The van der Waals surface area contributed by atoms with Crippen LogP contribution in [-0.4, -0.2) is 47.4 Å². The molecule has 0 aliphatic carbocycles. The third-order valence-corrected chi connectivity index (χ3v) is 5.23. The quantitative estimate of drug-likeness (QED) is 0.770. The number of rotatable bonds is 3. The summed E-state index contributed by atoms with van der Waals surface area (Å²) in [4.78, 5) is 14.8. The molecule has 0 spiro atoms. The molecular weight excluding hydrogens is 294 g/mol. The molecule has 19 heavy (non-hydrogen) atoms. The van der Waals surface area contributed by atoms with E-state index in [0.717, 1.165) is 10.5 Å². The fraction of sp³-hybridized carbons (Fsp3) is 0.400. The molecule has 1 saturated heterocycles. The predicted octanol–water partition coefficient (Wildman–Crippen LogP) is -0.656. The Balaban J connectivity index is 2.45. The van der Waals surface area contributed by atoms with Crippen LogP contribution in [0.5, 0.6) is 0 Å². The van der Waals surface area contributed by atoms with Gasteiger partial charge in [0.1, 0.15) is 10.9 Å². The van der Waals surface area contributed by atoms with Crippen molar-refractivity contribution in [2.45, 2.75) is 23.5 Å². The van der Waals surface area contributed by atoms with E-state index in [1.54, 1.807) is 0 Å². The number of carbonyl (C=O) groups excluding carboxylic acids is 1. The summed E-state index contributed by atoms with van der Waals surface area (Å²) in [5, 5.41) is 9.54. The third-order valence-electron chi connectivity index (χ3n) is 2.88. The fourth-order valence-corrected chi connectivity index (χ4v) is 4.04. The summed E-state index contributed by atoms with van der Waals surface area (Å²) in [6.45, 7) is -0.193. The predicted molar refractivity (Wildman–Crippen MR) is 66.7 cm³/mol. The number of nitrogens with two attached hydrogens (primary N) is 1. The summed E-state index contributed by atoms with van der Waals surface area (Å²) in [5.74, 6) is -0.805. The Hall–Kier alpha value is -1.22. The first-order valence-corrected chi connectivity index (χ1v) is 7.24. The highest BCUT2D eigenvalue weighted by molar-refractivity contribution is 7.89. The zero-order valence-corrected chi connectivity index (χ0v) is 11.3. The van der Waals surface area contributed by atoms with Crippen LogP contribution in [0.1, 0.15) is 6.42 Å². The number of hydrogen-bond acceptors (Lipinski definition) is 5. The van der Waals surface area contributed by atoms with Crippen molar-refractivity contribution in [1.82, 2.24) is 9.29 Å². The summed E-state index contributed by atoms with van der Waals surface area (Å²) in [7, 11) is -4.02. The van der Waals surface area contributed by atoms with E-state index in [1.165, 1.54) is 12.3 Å². The van der Waals surface area contributed by atoms with Gasteiger partial charge in [-0.2, -0.15) is 4.31 Å². The maximum Gasteiger partial charge on any atom is 0.246 e. The Morgan fingerprint density at radius 1 is 1.58 bits per heavy atom. The molecule has 2 heterocycles. The van der Waals surface area contributed by atoms with Crippen molar-refractivity contribution in [3.8, 4) is 0 Å². The number of aliphatic hydroxyl groups is 1. The van der Waals surface area contributed by atoms with E-state index in [0.29, 0.717) is 0 Å². The van der Waals surface area contributed by atoms with Crippen molar-refractivity contribution in [2.24, 2.45) is 5.73 Å². The number of nitrogens with zero attached hydrogens (tertiary/aromatic N) is 2. The molecule has 1 aliphatic rings. The number of β-amino-alcohol motifs (C(OH)–C–C–N with tert-alkyl or cyclic N) is 1. The Labute approximate surface area is 115 Å². The molecular formula is C10H12ClN3O4S. The van der Waals surface area contributed by atoms with Crippen molar-refractivity contribution in [3.05, 3.63) is 23.5 Å². The lowest BCUT2D eigenvalue weighted by molar-refractivity contribution is -0.121. The smallest absolute Gasteiger partial charge is 0.246 e. The van der Waals surface area contributed by atoms with Crippen LogP contribution in [0.3, 0.4) is 0 Å². The Morgan fingerprint density at radius 3 is 2.84 bits per heavy atom. The van der Waals surface area contributed by atoms with Gasteiger partial charge in [0.05, 0.1) is 11.1 Å². The Kier molecular flexibility index (Phi) is 3.77. The van der Waals surface area contributed by atoms with Crippen molar-refractivity contribution in [3.63, 3.8) is 0 Å². The maximum absolute atomic E-state index is 12.4. The normalized spacial score (nSPS) is 24.5. The molecule has 1 aromatic heterocycles. The average molecular weight is 306 g/mol. The number of carbonyl (C=O) groups is 1. The van der Waals surface area contributed by atoms with E-state index in [-0.39, 0.29) is 22.9 Å². The second kappa shape index (κ2) is 5.04. The lowest BCUT2D eigenvalue weighted by atomic mass is 10.2. The van der Waals surface area contributed by atoms with Crippen LogP contribution in [0.25, 0.3) is 0 Å². The largest absolute Gasteiger partial charge is 0.392 e. The van der Waals surface area contributed by atoms with Crippen molar-refractivity contribution in [2.75, 3.05) is 6.54 Å². The number of primary amides is 1. The van der Waals surface area contributed by atoms with Crippen LogP contribution < -0.4 is 5.73 Å². The minimum absolute atomic E-state index is 0.000361. The molecule has 1 aliphatic heterocycles. The van der Waals surface area contributed by atoms with Gasteiger partial charge >= 0.3 is 0 Å². The van der Waals surface area contributed by atoms with Crippen LogP contribution in [-0.2, 0) is 14.8 Å². The molecule has 2 unspecified atom stereocenters. The van der Waals surface area contributed by atoms with E-state index < -0.39 is 28.1 Å². The molecule has 1 aromatic rings. The van der Waals surface area contributed by atoms with Gasteiger partial charge < -0.3 is 10.8 Å². The van der Waals surface area contributed by atoms with Gasteiger partial charge in [0.15, 0.2) is 0 Å². The maximum atomic E-state index is 12.4. The molecule has 0 aromatic carbocycles. The number of amides is 1. The van der Waals surface area contributed by atoms with E-state index in [4.69, 9.17) is 17.3 Å². The van der Waals surface area contributed by atoms with Crippen molar-refractivity contribution >= 4 is 27.5 Å². The highest BCUT2D eigenvalue weighted by atomic mass is 35.5. The van der Waals surface area contributed by atoms with Gasteiger partial charge in [-0.15, -0.1) is 0 Å². The molecule has 0 bridgehead atoms. The second-order valence-electron chi connectivity index (χ2n) is 4.19. The summed E-state index contributed by atoms with van der Waals surface area (Å²) >= 11 is 5.83. The highest BCUT2D eigenvalue weighted by Gasteiger charge is 2.43. The summed E-state index contributed by atoms with van der Waals surface area (Å²) < 4.78 is 25.7. The lowest BCUT2D eigenvalue weighted by Gasteiger charge is -2.21. The lowest BCUT2D eigenvalue weighted by Crippen LogP contribution is -2.43.